The van der Waals surface area contributed by atoms with Gasteiger partial charge in [-0.05, 0) is 6.42 Å². The molecule has 0 aliphatic carbocycles. The Morgan fingerprint density at radius 2 is 2.23 bits per heavy atom. The Balaban J connectivity index is 3.44. The Bertz CT molecular complexity index is 184. The number of carbonyl (C=O) groups excluding carboxylic acids is 1. The third-order valence-electron chi connectivity index (χ3n) is 1.72. The Morgan fingerprint density at radius 3 is 2.69 bits per heavy atom. The zero-order valence-corrected chi connectivity index (χ0v) is 9.15. The van der Waals surface area contributed by atoms with Crippen LogP contribution in [0.5, 0.6) is 0 Å². The molecule has 1 N–H and O–H groups in total. The van der Waals surface area contributed by atoms with Gasteiger partial charge in [0.1, 0.15) is 6.61 Å². The molecule has 5 heteroatoms. The highest BCUT2D eigenvalue weighted by molar-refractivity contribution is 7.84. The van der Waals surface area contributed by atoms with Gasteiger partial charge in [0.05, 0.1) is 0 Å². The quantitative estimate of drug-likeness (QED) is 0.662. The Labute approximate surface area is 81.5 Å². The maximum absolute atomic E-state index is 10.9. The van der Waals surface area contributed by atoms with E-state index in [0.717, 1.165) is 6.42 Å². The van der Waals surface area contributed by atoms with E-state index in [9.17, 15) is 9.00 Å². The molecule has 13 heavy (non-hydrogen) atoms. The highest BCUT2D eigenvalue weighted by atomic mass is 32.2. The fraction of sp³-hybridized carbons (Fsp3) is 0.875. The van der Waals surface area contributed by atoms with Crippen LogP contribution in [0.3, 0.4) is 0 Å². The van der Waals surface area contributed by atoms with Crippen molar-refractivity contribution in [2.75, 3.05) is 26.5 Å². The lowest BCUT2D eigenvalue weighted by Crippen LogP contribution is -2.30. The van der Waals surface area contributed by atoms with Crippen molar-refractivity contribution < 1.29 is 13.7 Å². The van der Waals surface area contributed by atoms with E-state index >= 15 is 0 Å². The number of hydrogen-bond acceptors (Lipinski definition) is 3. The first kappa shape index (κ1) is 12.6. The predicted octanol–water partition coefficient (Wildman–Crippen LogP) is -0.0939. The first-order valence-electron chi connectivity index (χ1n) is 4.15. The minimum Gasteiger partial charge on any atom is -0.375 e. The molecule has 2 unspecified atom stereocenters. The Kier molecular flexibility index (Phi) is 6.80. The molecule has 0 aromatic carbocycles. The van der Waals surface area contributed by atoms with Crippen LogP contribution >= 0.6 is 0 Å². The molecule has 0 aromatic heterocycles. The summed E-state index contributed by atoms with van der Waals surface area (Å²) in [6.07, 6.45) is 2.40. The van der Waals surface area contributed by atoms with E-state index in [1.54, 1.807) is 6.26 Å². The molecule has 0 bridgehead atoms. The van der Waals surface area contributed by atoms with E-state index in [1.807, 2.05) is 6.92 Å². The number of ether oxygens (including phenoxy) is 1. The maximum atomic E-state index is 10.9. The van der Waals surface area contributed by atoms with Crippen LogP contribution in [0.1, 0.15) is 13.3 Å². The normalized spacial score (nSPS) is 15.0. The van der Waals surface area contributed by atoms with Crippen LogP contribution < -0.4 is 5.32 Å². The lowest BCUT2D eigenvalue weighted by molar-refractivity contribution is -0.124. The Hall–Kier alpha value is -0.420. The SMILES string of the molecule is COCC(=O)NCCC(C)S(C)=O. The van der Waals surface area contributed by atoms with Crippen LogP contribution in [0.15, 0.2) is 0 Å². The number of rotatable bonds is 6. The molecule has 1 amide bonds. The lowest BCUT2D eigenvalue weighted by Gasteiger charge is -2.08. The van der Waals surface area contributed by atoms with Gasteiger partial charge in [0.15, 0.2) is 0 Å². The summed E-state index contributed by atoms with van der Waals surface area (Å²) in [5, 5.41) is 2.80. The Morgan fingerprint density at radius 1 is 1.62 bits per heavy atom. The molecule has 4 nitrogen and oxygen atoms in total. The van der Waals surface area contributed by atoms with Crippen molar-refractivity contribution in [3.8, 4) is 0 Å². The van der Waals surface area contributed by atoms with Crippen molar-refractivity contribution in [2.45, 2.75) is 18.6 Å². The van der Waals surface area contributed by atoms with Crippen molar-refractivity contribution in [1.29, 1.82) is 0 Å². The molecule has 0 saturated carbocycles. The minimum atomic E-state index is -0.811. The average molecular weight is 207 g/mol. The van der Waals surface area contributed by atoms with Gasteiger partial charge in [-0.1, -0.05) is 6.92 Å². The summed E-state index contributed by atoms with van der Waals surface area (Å²) in [6, 6.07) is 0. The average Bonchev–Trinajstić information content (AvgIpc) is 2.04. The van der Waals surface area contributed by atoms with Crippen LogP contribution in [0.2, 0.25) is 0 Å². The standard InChI is InChI=1S/C8H17NO3S/c1-7(13(3)11)4-5-9-8(10)6-12-2/h7H,4-6H2,1-3H3,(H,9,10). The first-order chi connectivity index (χ1) is 6.07. The number of nitrogens with one attached hydrogen (secondary N) is 1. The van der Waals surface area contributed by atoms with E-state index in [0.29, 0.717) is 6.54 Å². The molecular formula is C8H17NO3S. The molecule has 0 spiro atoms. The molecule has 0 radical (unpaired) electrons. The van der Waals surface area contributed by atoms with Crippen molar-refractivity contribution in [2.24, 2.45) is 0 Å². The van der Waals surface area contributed by atoms with Crippen LogP contribution in [-0.4, -0.2) is 41.9 Å². The topological polar surface area (TPSA) is 55.4 Å². The summed E-state index contributed by atoms with van der Waals surface area (Å²) in [6.45, 7) is 2.55. The summed E-state index contributed by atoms with van der Waals surface area (Å²) in [7, 11) is 0.664. The van der Waals surface area contributed by atoms with Gasteiger partial charge >= 0.3 is 0 Å². The third-order valence-corrected chi connectivity index (χ3v) is 3.08. The molecular weight excluding hydrogens is 190 g/mol. The molecule has 2 atom stereocenters. The number of amides is 1. The number of carbonyl (C=O) groups is 1. The largest absolute Gasteiger partial charge is 0.375 e. The van der Waals surface area contributed by atoms with Crippen LogP contribution in [0, 0.1) is 0 Å². The van der Waals surface area contributed by atoms with Gasteiger partial charge in [-0.2, -0.15) is 0 Å². The van der Waals surface area contributed by atoms with E-state index in [-0.39, 0.29) is 17.8 Å². The van der Waals surface area contributed by atoms with E-state index in [1.165, 1.54) is 7.11 Å². The van der Waals surface area contributed by atoms with Gasteiger partial charge in [-0.3, -0.25) is 9.00 Å². The molecule has 0 rings (SSSR count). The van der Waals surface area contributed by atoms with Crippen molar-refractivity contribution in [1.82, 2.24) is 5.32 Å². The van der Waals surface area contributed by atoms with Crippen molar-refractivity contribution in [3.63, 3.8) is 0 Å². The number of methoxy groups -OCH3 is 1. The van der Waals surface area contributed by atoms with Gasteiger partial charge < -0.3 is 10.1 Å². The molecule has 0 fully saturated rings. The fourth-order valence-electron chi connectivity index (χ4n) is 0.763. The first-order valence-corrected chi connectivity index (χ1v) is 5.78. The highest BCUT2D eigenvalue weighted by Gasteiger charge is 2.06. The van der Waals surface area contributed by atoms with Crippen molar-refractivity contribution >= 4 is 16.7 Å². The van der Waals surface area contributed by atoms with Gasteiger partial charge in [0.25, 0.3) is 0 Å². The summed E-state index contributed by atoms with van der Waals surface area (Å²) >= 11 is 0. The zero-order chi connectivity index (χ0) is 10.3. The number of hydrogen-bond donors (Lipinski definition) is 1. The maximum Gasteiger partial charge on any atom is 0.245 e. The smallest absolute Gasteiger partial charge is 0.245 e. The molecule has 0 aromatic rings. The molecule has 0 heterocycles. The van der Waals surface area contributed by atoms with Crippen LogP contribution in [0.25, 0.3) is 0 Å². The van der Waals surface area contributed by atoms with E-state index in [4.69, 9.17) is 0 Å². The van der Waals surface area contributed by atoms with Crippen LogP contribution in [-0.2, 0) is 20.3 Å². The minimum absolute atomic E-state index is 0.0869. The van der Waals surface area contributed by atoms with Gasteiger partial charge in [-0.15, -0.1) is 0 Å². The molecule has 0 aliphatic rings. The zero-order valence-electron chi connectivity index (χ0n) is 8.33. The van der Waals surface area contributed by atoms with Crippen LogP contribution in [0.4, 0.5) is 0 Å². The van der Waals surface area contributed by atoms with E-state index < -0.39 is 10.8 Å². The summed E-state index contributed by atoms with van der Waals surface area (Å²) in [5.41, 5.74) is 0. The second-order valence-corrected chi connectivity index (χ2v) is 4.68. The monoisotopic (exact) mass is 207 g/mol. The second-order valence-electron chi connectivity index (χ2n) is 2.88. The van der Waals surface area contributed by atoms with Gasteiger partial charge in [0.2, 0.25) is 5.91 Å². The summed E-state index contributed by atoms with van der Waals surface area (Å²) in [4.78, 5) is 10.9. The van der Waals surface area contributed by atoms with E-state index in [2.05, 4.69) is 10.1 Å². The van der Waals surface area contributed by atoms with Gasteiger partial charge in [-0.25, -0.2) is 0 Å². The molecule has 0 saturated heterocycles. The lowest BCUT2D eigenvalue weighted by atomic mass is 10.3. The summed E-state index contributed by atoms with van der Waals surface area (Å²) in [5.74, 6) is -0.128. The predicted molar refractivity (Wildman–Crippen MR) is 53.0 cm³/mol. The molecule has 78 valence electrons. The second kappa shape index (κ2) is 7.03. The van der Waals surface area contributed by atoms with Crippen molar-refractivity contribution in [3.05, 3.63) is 0 Å². The molecule has 0 aliphatic heterocycles. The highest BCUT2D eigenvalue weighted by Crippen LogP contribution is 1.96. The summed E-state index contributed by atoms with van der Waals surface area (Å²) < 4.78 is 15.6. The fourth-order valence-corrected chi connectivity index (χ4v) is 1.21. The van der Waals surface area contributed by atoms with Gasteiger partial charge in [0, 0.05) is 36.0 Å². The third kappa shape index (κ3) is 6.72.